The molecule has 4 heteroatoms. The number of hydrogen-bond donors (Lipinski definition) is 2. The normalized spacial score (nSPS) is 12.0. The van der Waals surface area contributed by atoms with Gasteiger partial charge in [0, 0.05) is 5.69 Å². The third kappa shape index (κ3) is 3.40. The van der Waals surface area contributed by atoms with Crippen LogP contribution in [0, 0.1) is 19.7 Å². The van der Waals surface area contributed by atoms with Gasteiger partial charge in [-0.2, -0.15) is 0 Å². The summed E-state index contributed by atoms with van der Waals surface area (Å²) in [5.74, 6) is -0.534. The van der Waals surface area contributed by atoms with Gasteiger partial charge in [-0.1, -0.05) is 23.8 Å². The molecule has 2 aromatic rings. The Hall–Kier alpha value is -2.36. The van der Waals surface area contributed by atoms with Crippen LogP contribution in [-0.4, -0.2) is 5.91 Å². The molecule has 0 aliphatic carbocycles. The van der Waals surface area contributed by atoms with Crippen molar-refractivity contribution in [3.05, 3.63) is 64.5 Å². The number of anilines is 1. The van der Waals surface area contributed by atoms with E-state index < -0.39 is 0 Å². The van der Waals surface area contributed by atoms with Crippen molar-refractivity contribution in [1.82, 2.24) is 5.32 Å². The van der Waals surface area contributed by atoms with Crippen LogP contribution in [0.15, 0.2) is 36.4 Å². The molecule has 1 atom stereocenters. The maximum atomic E-state index is 13.6. The van der Waals surface area contributed by atoms with E-state index in [0.717, 1.165) is 11.1 Å². The predicted octanol–water partition coefficient (Wildman–Crippen LogP) is 3.52. The number of nitrogens with one attached hydrogen (secondary N) is 1. The summed E-state index contributed by atoms with van der Waals surface area (Å²) in [6.07, 6.45) is 0. The second-order valence-corrected chi connectivity index (χ2v) is 5.29. The van der Waals surface area contributed by atoms with E-state index in [4.69, 9.17) is 5.73 Å². The molecular weight excluding hydrogens is 267 g/mol. The van der Waals surface area contributed by atoms with E-state index in [0.29, 0.717) is 16.8 Å². The molecular formula is C17H19FN2O. The van der Waals surface area contributed by atoms with Crippen LogP contribution >= 0.6 is 0 Å². The Labute approximate surface area is 124 Å². The molecule has 0 aliphatic heterocycles. The topological polar surface area (TPSA) is 55.1 Å². The Morgan fingerprint density at radius 2 is 1.90 bits per heavy atom. The van der Waals surface area contributed by atoms with Crippen LogP contribution in [0.1, 0.15) is 40.0 Å². The molecule has 0 radical (unpaired) electrons. The van der Waals surface area contributed by atoms with Crippen molar-refractivity contribution in [2.75, 3.05) is 5.73 Å². The lowest BCUT2D eigenvalue weighted by molar-refractivity contribution is 0.0940. The van der Waals surface area contributed by atoms with E-state index >= 15 is 0 Å². The second-order valence-electron chi connectivity index (χ2n) is 5.29. The van der Waals surface area contributed by atoms with Crippen LogP contribution in [0.5, 0.6) is 0 Å². The molecule has 0 bridgehead atoms. The summed E-state index contributed by atoms with van der Waals surface area (Å²) in [7, 11) is 0. The molecule has 2 aromatic carbocycles. The van der Waals surface area contributed by atoms with Gasteiger partial charge in [0.15, 0.2) is 0 Å². The first-order chi connectivity index (χ1) is 9.88. The zero-order valence-corrected chi connectivity index (χ0v) is 12.4. The highest BCUT2D eigenvalue weighted by molar-refractivity contribution is 5.99. The molecule has 0 aliphatic rings. The highest BCUT2D eigenvalue weighted by Crippen LogP contribution is 2.19. The lowest BCUT2D eigenvalue weighted by Gasteiger charge is -2.16. The monoisotopic (exact) mass is 286 g/mol. The number of hydrogen-bond acceptors (Lipinski definition) is 2. The average Bonchev–Trinajstić information content (AvgIpc) is 2.44. The first-order valence-corrected chi connectivity index (χ1v) is 6.81. The van der Waals surface area contributed by atoms with Crippen LogP contribution in [0.25, 0.3) is 0 Å². The third-order valence-corrected chi connectivity index (χ3v) is 3.50. The largest absolute Gasteiger partial charge is 0.398 e. The summed E-state index contributed by atoms with van der Waals surface area (Å²) in [5, 5.41) is 2.84. The number of amides is 1. The highest BCUT2D eigenvalue weighted by Gasteiger charge is 2.14. The summed E-state index contributed by atoms with van der Waals surface area (Å²) in [5.41, 5.74) is 8.96. The molecule has 0 aromatic heterocycles. The van der Waals surface area contributed by atoms with Crippen LogP contribution in [-0.2, 0) is 0 Å². The smallest absolute Gasteiger partial charge is 0.253 e. The molecule has 110 valence electrons. The SMILES string of the molecule is Cc1ccc(N)c(C(=O)NC(C)c2ccc(C)c(F)c2)c1. The van der Waals surface area contributed by atoms with E-state index in [1.165, 1.54) is 6.07 Å². The minimum absolute atomic E-state index is 0.260. The Bertz CT molecular complexity index is 682. The minimum Gasteiger partial charge on any atom is -0.398 e. The number of benzene rings is 2. The van der Waals surface area contributed by atoms with Gasteiger partial charge < -0.3 is 11.1 Å². The quantitative estimate of drug-likeness (QED) is 0.848. The first-order valence-electron chi connectivity index (χ1n) is 6.81. The fourth-order valence-electron chi connectivity index (χ4n) is 2.10. The van der Waals surface area contributed by atoms with Crippen molar-refractivity contribution in [1.29, 1.82) is 0 Å². The predicted molar refractivity (Wildman–Crippen MR) is 82.6 cm³/mol. The maximum absolute atomic E-state index is 13.6. The minimum atomic E-state index is -0.299. The molecule has 0 heterocycles. The third-order valence-electron chi connectivity index (χ3n) is 3.50. The van der Waals surface area contributed by atoms with Crippen molar-refractivity contribution in [2.24, 2.45) is 0 Å². The van der Waals surface area contributed by atoms with Gasteiger partial charge in [-0.3, -0.25) is 4.79 Å². The van der Waals surface area contributed by atoms with Crippen molar-refractivity contribution >= 4 is 11.6 Å². The first kappa shape index (κ1) is 15.0. The number of aryl methyl sites for hydroxylation is 2. The van der Waals surface area contributed by atoms with Gasteiger partial charge in [0.05, 0.1) is 11.6 Å². The molecule has 21 heavy (non-hydrogen) atoms. The lowest BCUT2D eigenvalue weighted by atomic mass is 10.0. The second kappa shape index (κ2) is 5.95. The van der Waals surface area contributed by atoms with Crippen LogP contribution in [0.2, 0.25) is 0 Å². The molecule has 3 nitrogen and oxygen atoms in total. The number of nitrogen functional groups attached to an aromatic ring is 1. The van der Waals surface area contributed by atoms with Crippen LogP contribution < -0.4 is 11.1 Å². The molecule has 0 fully saturated rings. The number of rotatable bonds is 3. The van der Waals surface area contributed by atoms with E-state index in [9.17, 15) is 9.18 Å². The number of carbonyl (C=O) groups excluding carboxylic acids is 1. The molecule has 1 unspecified atom stereocenters. The Morgan fingerprint density at radius 3 is 2.57 bits per heavy atom. The maximum Gasteiger partial charge on any atom is 0.253 e. The number of nitrogens with two attached hydrogens (primary N) is 1. The van der Waals surface area contributed by atoms with Crippen molar-refractivity contribution < 1.29 is 9.18 Å². The average molecular weight is 286 g/mol. The van der Waals surface area contributed by atoms with Gasteiger partial charge in [0.1, 0.15) is 5.82 Å². The Balaban J connectivity index is 2.18. The van der Waals surface area contributed by atoms with Crippen molar-refractivity contribution in [3.63, 3.8) is 0 Å². The standard InChI is InChI=1S/C17H19FN2O/c1-10-4-7-16(19)14(8-10)17(21)20-12(3)13-6-5-11(2)15(18)9-13/h4-9,12H,19H2,1-3H3,(H,20,21). The van der Waals surface area contributed by atoms with Gasteiger partial charge >= 0.3 is 0 Å². The zero-order valence-electron chi connectivity index (χ0n) is 12.4. The summed E-state index contributed by atoms with van der Waals surface area (Å²) >= 11 is 0. The van der Waals surface area contributed by atoms with Gasteiger partial charge in [0.2, 0.25) is 0 Å². The summed E-state index contributed by atoms with van der Waals surface area (Å²) in [6.45, 7) is 5.42. The highest BCUT2D eigenvalue weighted by atomic mass is 19.1. The van der Waals surface area contributed by atoms with Crippen molar-refractivity contribution in [3.8, 4) is 0 Å². The fourth-order valence-corrected chi connectivity index (χ4v) is 2.10. The van der Waals surface area contributed by atoms with E-state index in [1.807, 2.05) is 26.0 Å². The zero-order chi connectivity index (χ0) is 15.6. The Kier molecular flexibility index (Phi) is 4.26. The Morgan fingerprint density at radius 1 is 1.19 bits per heavy atom. The molecule has 0 saturated heterocycles. The molecule has 0 spiro atoms. The van der Waals surface area contributed by atoms with E-state index in [-0.39, 0.29) is 17.8 Å². The van der Waals surface area contributed by atoms with Gasteiger partial charge in [0.25, 0.3) is 5.91 Å². The van der Waals surface area contributed by atoms with Crippen LogP contribution in [0.4, 0.5) is 10.1 Å². The molecule has 2 rings (SSSR count). The lowest BCUT2D eigenvalue weighted by Crippen LogP contribution is -2.27. The molecule has 1 amide bonds. The van der Waals surface area contributed by atoms with Crippen LogP contribution in [0.3, 0.4) is 0 Å². The number of carbonyl (C=O) groups is 1. The van der Waals surface area contributed by atoms with Gasteiger partial charge in [-0.15, -0.1) is 0 Å². The summed E-state index contributed by atoms with van der Waals surface area (Å²) in [4.78, 5) is 12.3. The number of halogens is 1. The summed E-state index contributed by atoms with van der Waals surface area (Å²) < 4.78 is 13.6. The fraction of sp³-hybridized carbons (Fsp3) is 0.235. The van der Waals surface area contributed by atoms with Gasteiger partial charge in [-0.05, 0) is 50.1 Å². The van der Waals surface area contributed by atoms with E-state index in [2.05, 4.69) is 5.32 Å². The van der Waals surface area contributed by atoms with E-state index in [1.54, 1.807) is 25.1 Å². The van der Waals surface area contributed by atoms with Crippen molar-refractivity contribution in [2.45, 2.75) is 26.8 Å². The molecule has 3 N–H and O–H groups in total. The van der Waals surface area contributed by atoms with Gasteiger partial charge in [-0.25, -0.2) is 4.39 Å². The molecule has 0 saturated carbocycles. The summed E-state index contributed by atoms with van der Waals surface area (Å²) in [6, 6.07) is 9.96.